The summed E-state index contributed by atoms with van der Waals surface area (Å²) in [5, 5.41) is 5.37. The van der Waals surface area contributed by atoms with Gasteiger partial charge in [-0.3, -0.25) is 4.79 Å². The summed E-state index contributed by atoms with van der Waals surface area (Å²) in [5.41, 5.74) is 2.06. The summed E-state index contributed by atoms with van der Waals surface area (Å²) < 4.78 is 5.94. The lowest BCUT2D eigenvalue weighted by atomic mass is 9.98. The Bertz CT molecular complexity index is 1050. The van der Waals surface area contributed by atoms with Crippen LogP contribution in [0.5, 0.6) is 5.75 Å². The number of hydrogen-bond donors (Lipinski definition) is 1. The number of ether oxygens (including phenoxy) is 1. The largest absolute Gasteiger partial charge is 0.481 e. The van der Waals surface area contributed by atoms with Gasteiger partial charge in [0, 0.05) is 0 Å². The molecule has 3 nitrogen and oxygen atoms in total. The van der Waals surface area contributed by atoms with Gasteiger partial charge in [0.25, 0.3) is 5.91 Å². The van der Waals surface area contributed by atoms with Crippen molar-refractivity contribution < 1.29 is 9.53 Å². The van der Waals surface area contributed by atoms with Crippen molar-refractivity contribution >= 4 is 16.7 Å². The second-order valence-corrected chi connectivity index (χ2v) is 7.03. The van der Waals surface area contributed by atoms with Crippen molar-refractivity contribution in [2.24, 2.45) is 0 Å². The molecule has 1 atom stereocenters. The van der Waals surface area contributed by atoms with E-state index in [4.69, 9.17) is 4.74 Å². The van der Waals surface area contributed by atoms with Gasteiger partial charge < -0.3 is 10.1 Å². The lowest BCUT2D eigenvalue weighted by Crippen LogP contribution is -2.39. The van der Waals surface area contributed by atoms with E-state index in [2.05, 4.69) is 11.4 Å². The predicted molar refractivity (Wildman–Crippen MR) is 117 cm³/mol. The van der Waals surface area contributed by atoms with Crippen LogP contribution in [0.4, 0.5) is 0 Å². The highest BCUT2D eigenvalue weighted by atomic mass is 16.5. The van der Waals surface area contributed by atoms with E-state index in [1.165, 1.54) is 0 Å². The lowest BCUT2D eigenvalue weighted by molar-refractivity contribution is -0.127. The van der Waals surface area contributed by atoms with Gasteiger partial charge in [-0.25, -0.2) is 0 Å². The minimum Gasteiger partial charge on any atom is -0.481 e. The number of rotatable bonds is 6. The number of nitrogens with one attached hydrogen (secondary N) is 1. The average molecular weight is 381 g/mol. The molecule has 0 aromatic heterocycles. The molecule has 1 amide bonds. The molecule has 0 bridgehead atoms. The monoisotopic (exact) mass is 381 g/mol. The van der Waals surface area contributed by atoms with E-state index < -0.39 is 6.10 Å². The average Bonchev–Trinajstić information content (AvgIpc) is 2.78. The fourth-order valence-electron chi connectivity index (χ4n) is 3.41. The highest BCUT2D eigenvalue weighted by molar-refractivity contribution is 5.84. The molecule has 0 saturated heterocycles. The summed E-state index contributed by atoms with van der Waals surface area (Å²) in [7, 11) is 0. The zero-order valence-corrected chi connectivity index (χ0v) is 16.3. The zero-order valence-electron chi connectivity index (χ0n) is 16.3. The molecule has 4 rings (SSSR count). The van der Waals surface area contributed by atoms with Crippen LogP contribution < -0.4 is 10.1 Å². The molecule has 0 radical (unpaired) electrons. The molecular formula is C26H23NO2. The van der Waals surface area contributed by atoms with Crippen LogP contribution in [0.25, 0.3) is 10.8 Å². The van der Waals surface area contributed by atoms with Crippen molar-refractivity contribution in [2.45, 2.75) is 19.1 Å². The molecule has 1 N–H and O–H groups in total. The van der Waals surface area contributed by atoms with E-state index >= 15 is 0 Å². The fourth-order valence-corrected chi connectivity index (χ4v) is 3.41. The maximum atomic E-state index is 12.9. The van der Waals surface area contributed by atoms with Crippen molar-refractivity contribution in [3.05, 3.63) is 114 Å². The fraction of sp³-hybridized carbons (Fsp3) is 0.115. The van der Waals surface area contributed by atoms with E-state index in [1.54, 1.807) is 6.92 Å². The molecule has 0 aliphatic carbocycles. The van der Waals surface area contributed by atoms with E-state index in [0.29, 0.717) is 5.75 Å². The molecule has 0 fully saturated rings. The van der Waals surface area contributed by atoms with Gasteiger partial charge in [0.15, 0.2) is 6.10 Å². The topological polar surface area (TPSA) is 38.3 Å². The standard InChI is InChI=1S/C26H23NO2/c1-19(29-24-17-16-20-10-8-9-15-23(20)18-24)26(28)27-25(21-11-4-2-5-12-21)22-13-6-3-7-14-22/h2-19,25H,1H3,(H,27,28)/t19-/m0/s1. The molecule has 29 heavy (non-hydrogen) atoms. The third kappa shape index (κ3) is 4.46. The quantitative estimate of drug-likeness (QED) is 0.478. The van der Waals surface area contributed by atoms with E-state index in [9.17, 15) is 4.79 Å². The molecule has 4 aromatic carbocycles. The smallest absolute Gasteiger partial charge is 0.261 e. The third-order valence-corrected chi connectivity index (χ3v) is 4.96. The summed E-state index contributed by atoms with van der Waals surface area (Å²) in [6.45, 7) is 1.78. The van der Waals surface area contributed by atoms with Crippen molar-refractivity contribution in [1.29, 1.82) is 0 Å². The number of amides is 1. The first-order chi connectivity index (χ1) is 14.2. The van der Waals surface area contributed by atoms with Crippen LogP contribution in [-0.2, 0) is 4.79 Å². The summed E-state index contributed by atoms with van der Waals surface area (Å²) in [6.07, 6.45) is -0.619. The second-order valence-electron chi connectivity index (χ2n) is 7.03. The number of benzene rings is 4. The van der Waals surface area contributed by atoms with Crippen molar-refractivity contribution in [3.63, 3.8) is 0 Å². The van der Waals surface area contributed by atoms with Gasteiger partial charge in [0.05, 0.1) is 6.04 Å². The van der Waals surface area contributed by atoms with Crippen molar-refractivity contribution in [1.82, 2.24) is 5.32 Å². The Morgan fingerprint density at radius 3 is 1.90 bits per heavy atom. The highest BCUT2D eigenvalue weighted by Crippen LogP contribution is 2.24. The molecule has 4 aromatic rings. The Balaban J connectivity index is 1.52. The van der Waals surface area contributed by atoms with Crippen molar-refractivity contribution in [2.75, 3.05) is 0 Å². The summed E-state index contributed by atoms with van der Waals surface area (Å²) >= 11 is 0. The molecule has 0 unspecified atom stereocenters. The van der Waals surface area contributed by atoms with Crippen LogP contribution in [0.2, 0.25) is 0 Å². The van der Waals surface area contributed by atoms with Gasteiger partial charge in [0.1, 0.15) is 5.75 Å². The van der Waals surface area contributed by atoms with Crippen LogP contribution in [0.3, 0.4) is 0 Å². The number of carbonyl (C=O) groups is 1. The minimum atomic E-state index is -0.619. The van der Waals surface area contributed by atoms with Gasteiger partial charge in [-0.05, 0) is 41.0 Å². The summed E-state index contributed by atoms with van der Waals surface area (Å²) in [6, 6.07) is 33.7. The first kappa shape index (κ1) is 18.8. The third-order valence-electron chi connectivity index (χ3n) is 4.96. The van der Waals surface area contributed by atoms with Gasteiger partial charge in [0.2, 0.25) is 0 Å². The number of carbonyl (C=O) groups excluding carboxylic acids is 1. The summed E-state index contributed by atoms with van der Waals surface area (Å²) in [5.74, 6) is 0.526. The predicted octanol–water partition coefficient (Wildman–Crippen LogP) is 5.51. The summed E-state index contributed by atoms with van der Waals surface area (Å²) in [4.78, 5) is 12.9. The normalized spacial score (nSPS) is 11.9. The molecule has 0 aliphatic heterocycles. The Hall–Kier alpha value is -3.59. The highest BCUT2D eigenvalue weighted by Gasteiger charge is 2.21. The maximum Gasteiger partial charge on any atom is 0.261 e. The van der Waals surface area contributed by atoms with Gasteiger partial charge in [-0.15, -0.1) is 0 Å². The van der Waals surface area contributed by atoms with Gasteiger partial charge >= 0.3 is 0 Å². The zero-order chi connectivity index (χ0) is 20.1. The molecular weight excluding hydrogens is 358 g/mol. The first-order valence-electron chi connectivity index (χ1n) is 9.76. The minimum absolute atomic E-state index is 0.157. The van der Waals surface area contributed by atoms with Crippen LogP contribution >= 0.6 is 0 Å². The molecule has 0 spiro atoms. The van der Waals surface area contributed by atoms with Crippen LogP contribution in [-0.4, -0.2) is 12.0 Å². The number of hydrogen-bond acceptors (Lipinski definition) is 2. The lowest BCUT2D eigenvalue weighted by Gasteiger charge is -2.22. The van der Waals surface area contributed by atoms with E-state index in [1.807, 2.05) is 97.1 Å². The van der Waals surface area contributed by atoms with E-state index in [-0.39, 0.29) is 11.9 Å². The Kier molecular flexibility index (Phi) is 5.57. The van der Waals surface area contributed by atoms with Crippen LogP contribution in [0.1, 0.15) is 24.1 Å². The van der Waals surface area contributed by atoms with Crippen molar-refractivity contribution in [3.8, 4) is 5.75 Å². The molecule has 144 valence electrons. The number of fused-ring (bicyclic) bond motifs is 1. The Morgan fingerprint density at radius 1 is 0.724 bits per heavy atom. The first-order valence-corrected chi connectivity index (χ1v) is 9.76. The Labute approximate surface area is 171 Å². The molecule has 0 aliphatic rings. The van der Waals surface area contributed by atoms with E-state index in [0.717, 1.165) is 21.9 Å². The molecule has 0 heterocycles. The SMILES string of the molecule is C[C@H](Oc1ccc2ccccc2c1)C(=O)NC(c1ccccc1)c1ccccc1. The van der Waals surface area contributed by atoms with Crippen LogP contribution in [0, 0.1) is 0 Å². The van der Waals surface area contributed by atoms with Gasteiger partial charge in [-0.2, -0.15) is 0 Å². The molecule has 3 heteroatoms. The molecule has 0 saturated carbocycles. The van der Waals surface area contributed by atoms with Gasteiger partial charge in [-0.1, -0.05) is 91.0 Å². The Morgan fingerprint density at radius 2 is 1.28 bits per heavy atom. The maximum absolute atomic E-state index is 12.9. The second kappa shape index (κ2) is 8.61. The van der Waals surface area contributed by atoms with Crippen LogP contribution in [0.15, 0.2) is 103 Å².